The molecule has 2 saturated heterocycles. The highest BCUT2D eigenvalue weighted by Gasteiger charge is 2.30. The molecule has 0 bridgehead atoms. The number of nitrogens with zero attached hydrogens (tertiary/aromatic N) is 3. The van der Waals surface area contributed by atoms with Gasteiger partial charge in [0.05, 0.1) is 11.9 Å². The number of piperidine rings is 1. The maximum Gasteiger partial charge on any atom is 0.269 e. The van der Waals surface area contributed by atoms with Crippen LogP contribution in [0.25, 0.3) is 0 Å². The monoisotopic (exact) mass is 372 g/mol. The summed E-state index contributed by atoms with van der Waals surface area (Å²) in [5.74, 6) is 0.725. The first kappa shape index (κ1) is 20.1. The number of nitrogens with one attached hydrogen (secondary N) is 1. The van der Waals surface area contributed by atoms with Gasteiger partial charge in [-0.3, -0.25) is 4.79 Å². The molecule has 0 aromatic carbocycles. The number of amides is 1. The molecule has 2 aliphatic rings. The third-order valence-corrected chi connectivity index (χ3v) is 6.54. The topological polar surface area (TPSA) is 48.5 Å². The molecule has 0 spiro atoms. The van der Waals surface area contributed by atoms with Gasteiger partial charge in [0.1, 0.15) is 5.69 Å². The highest BCUT2D eigenvalue weighted by molar-refractivity contribution is 5.92. The van der Waals surface area contributed by atoms with E-state index in [1.165, 1.54) is 45.2 Å². The summed E-state index contributed by atoms with van der Waals surface area (Å²) in [5, 5.41) is 2.62. The minimum Gasteiger partial charge on any atom is -0.370 e. The number of hydrogen-bond donors (Lipinski definition) is 1. The SMILES string of the molecule is CNC(=O)c1ccc(N2CCC(N3CCCC(C(C)(C)C)CC3)CC2)cn1. The molecule has 0 saturated carbocycles. The second-order valence-corrected chi connectivity index (χ2v) is 9.23. The summed E-state index contributed by atoms with van der Waals surface area (Å²) in [6.07, 6.45) is 8.34. The van der Waals surface area contributed by atoms with Crippen LogP contribution < -0.4 is 10.2 Å². The maximum absolute atomic E-state index is 11.6. The van der Waals surface area contributed by atoms with Crippen molar-refractivity contribution in [3.8, 4) is 0 Å². The largest absolute Gasteiger partial charge is 0.370 e. The Morgan fingerprint density at radius 1 is 1.07 bits per heavy atom. The van der Waals surface area contributed by atoms with Crippen molar-refractivity contribution in [2.24, 2.45) is 11.3 Å². The zero-order valence-electron chi connectivity index (χ0n) is 17.5. The van der Waals surface area contributed by atoms with E-state index in [1.807, 2.05) is 18.3 Å². The summed E-state index contributed by atoms with van der Waals surface area (Å²) in [7, 11) is 1.63. The van der Waals surface area contributed by atoms with E-state index < -0.39 is 0 Å². The van der Waals surface area contributed by atoms with Crippen LogP contribution in [-0.2, 0) is 0 Å². The molecule has 5 heteroatoms. The van der Waals surface area contributed by atoms with Crippen LogP contribution in [-0.4, -0.2) is 55.1 Å². The first-order valence-corrected chi connectivity index (χ1v) is 10.6. The smallest absolute Gasteiger partial charge is 0.269 e. The Morgan fingerprint density at radius 2 is 1.81 bits per heavy atom. The first-order chi connectivity index (χ1) is 12.9. The van der Waals surface area contributed by atoms with Crippen LogP contribution in [0.3, 0.4) is 0 Å². The average Bonchev–Trinajstić information content (AvgIpc) is 2.94. The van der Waals surface area contributed by atoms with Gasteiger partial charge in [-0.1, -0.05) is 20.8 Å². The fourth-order valence-electron chi connectivity index (χ4n) is 4.67. The van der Waals surface area contributed by atoms with Crippen molar-refractivity contribution in [2.75, 3.05) is 38.1 Å². The third kappa shape index (κ3) is 5.01. The summed E-state index contributed by atoms with van der Waals surface area (Å²) >= 11 is 0. The average molecular weight is 373 g/mol. The fourth-order valence-corrected chi connectivity index (χ4v) is 4.67. The van der Waals surface area contributed by atoms with Crippen molar-refractivity contribution >= 4 is 11.6 Å². The van der Waals surface area contributed by atoms with Crippen LogP contribution in [0.15, 0.2) is 18.3 Å². The van der Waals surface area contributed by atoms with E-state index in [2.05, 4.69) is 40.9 Å². The second-order valence-electron chi connectivity index (χ2n) is 9.23. The molecular formula is C22H36N4O. The predicted octanol–water partition coefficient (Wildman–Crippen LogP) is 3.56. The van der Waals surface area contributed by atoms with Gasteiger partial charge in [-0.2, -0.15) is 0 Å². The minimum atomic E-state index is -0.130. The first-order valence-electron chi connectivity index (χ1n) is 10.6. The molecule has 2 fully saturated rings. The molecule has 3 heterocycles. The summed E-state index contributed by atoms with van der Waals surface area (Å²) in [4.78, 5) is 21.1. The molecule has 2 aliphatic heterocycles. The van der Waals surface area contributed by atoms with Gasteiger partial charge >= 0.3 is 0 Å². The molecule has 3 rings (SSSR count). The number of anilines is 1. The van der Waals surface area contributed by atoms with Crippen molar-refractivity contribution in [3.63, 3.8) is 0 Å². The molecule has 27 heavy (non-hydrogen) atoms. The van der Waals surface area contributed by atoms with Gasteiger partial charge in [0.15, 0.2) is 0 Å². The molecule has 1 aromatic rings. The van der Waals surface area contributed by atoms with Crippen LogP contribution in [0.4, 0.5) is 5.69 Å². The number of rotatable bonds is 3. The summed E-state index contributed by atoms with van der Waals surface area (Å²) < 4.78 is 0. The number of carbonyl (C=O) groups is 1. The molecule has 0 radical (unpaired) electrons. The number of aromatic nitrogens is 1. The lowest BCUT2D eigenvalue weighted by molar-refractivity contribution is 0.0958. The van der Waals surface area contributed by atoms with Crippen molar-refractivity contribution in [1.82, 2.24) is 15.2 Å². The number of likely N-dealkylation sites (tertiary alicyclic amines) is 1. The second kappa shape index (κ2) is 8.59. The van der Waals surface area contributed by atoms with Gasteiger partial charge in [0, 0.05) is 26.2 Å². The predicted molar refractivity (Wildman–Crippen MR) is 111 cm³/mol. The Morgan fingerprint density at radius 3 is 2.41 bits per heavy atom. The van der Waals surface area contributed by atoms with Gasteiger partial charge in [-0.15, -0.1) is 0 Å². The lowest BCUT2D eigenvalue weighted by Gasteiger charge is -2.39. The molecule has 1 N–H and O–H groups in total. The number of pyridine rings is 1. The van der Waals surface area contributed by atoms with E-state index >= 15 is 0 Å². The Balaban J connectivity index is 1.52. The quantitative estimate of drug-likeness (QED) is 0.881. The summed E-state index contributed by atoms with van der Waals surface area (Å²) in [6.45, 7) is 11.9. The van der Waals surface area contributed by atoms with E-state index in [9.17, 15) is 4.79 Å². The lowest BCUT2D eigenvalue weighted by atomic mass is 9.77. The van der Waals surface area contributed by atoms with Crippen molar-refractivity contribution < 1.29 is 4.79 Å². The normalized spacial score (nSPS) is 23.1. The minimum absolute atomic E-state index is 0.130. The van der Waals surface area contributed by atoms with E-state index in [0.717, 1.165) is 30.7 Å². The fraction of sp³-hybridized carbons (Fsp3) is 0.727. The zero-order valence-corrected chi connectivity index (χ0v) is 17.5. The molecule has 1 aromatic heterocycles. The van der Waals surface area contributed by atoms with Crippen LogP contribution in [0.1, 0.15) is 63.4 Å². The zero-order chi connectivity index (χ0) is 19.4. The highest BCUT2D eigenvalue weighted by Crippen LogP contribution is 2.35. The summed E-state index contributed by atoms with van der Waals surface area (Å²) in [6, 6.07) is 4.57. The molecule has 1 unspecified atom stereocenters. The molecule has 0 aliphatic carbocycles. The maximum atomic E-state index is 11.6. The Hall–Kier alpha value is -1.62. The lowest BCUT2D eigenvalue weighted by Crippen LogP contribution is -2.45. The Labute approximate surface area is 164 Å². The van der Waals surface area contributed by atoms with Gasteiger partial charge in [-0.05, 0) is 68.7 Å². The van der Waals surface area contributed by atoms with Crippen LogP contribution in [0, 0.1) is 11.3 Å². The van der Waals surface area contributed by atoms with E-state index in [4.69, 9.17) is 0 Å². The van der Waals surface area contributed by atoms with Crippen LogP contribution in [0.2, 0.25) is 0 Å². The molecule has 5 nitrogen and oxygen atoms in total. The van der Waals surface area contributed by atoms with E-state index in [0.29, 0.717) is 11.1 Å². The van der Waals surface area contributed by atoms with Crippen LogP contribution >= 0.6 is 0 Å². The Bertz CT molecular complexity index is 614. The van der Waals surface area contributed by atoms with Crippen molar-refractivity contribution in [3.05, 3.63) is 24.0 Å². The van der Waals surface area contributed by atoms with E-state index in [1.54, 1.807) is 7.05 Å². The van der Waals surface area contributed by atoms with Gasteiger partial charge in [0.2, 0.25) is 0 Å². The number of carbonyl (C=O) groups excluding carboxylic acids is 1. The van der Waals surface area contributed by atoms with Crippen molar-refractivity contribution in [1.29, 1.82) is 0 Å². The Kier molecular flexibility index (Phi) is 6.40. The molecular weight excluding hydrogens is 336 g/mol. The van der Waals surface area contributed by atoms with Gasteiger partial charge in [0.25, 0.3) is 5.91 Å². The molecule has 1 amide bonds. The number of hydrogen-bond acceptors (Lipinski definition) is 4. The molecule has 1 atom stereocenters. The molecule has 150 valence electrons. The summed E-state index contributed by atoms with van der Waals surface area (Å²) in [5.41, 5.74) is 2.05. The van der Waals surface area contributed by atoms with Gasteiger partial charge < -0.3 is 15.1 Å². The highest BCUT2D eigenvalue weighted by atomic mass is 16.1. The van der Waals surface area contributed by atoms with Crippen LogP contribution in [0.5, 0.6) is 0 Å². The third-order valence-electron chi connectivity index (χ3n) is 6.54. The standard InChI is InChI=1S/C22H36N4O/c1-22(2,3)17-6-5-12-25(13-9-17)18-10-14-26(15-11-18)19-7-8-20(24-16-19)21(27)23-4/h7-8,16-18H,5-6,9-15H2,1-4H3,(H,23,27). The van der Waals surface area contributed by atoms with Gasteiger partial charge in [-0.25, -0.2) is 4.98 Å². The van der Waals surface area contributed by atoms with Crippen molar-refractivity contribution in [2.45, 2.75) is 58.9 Å². The van der Waals surface area contributed by atoms with E-state index in [-0.39, 0.29) is 5.91 Å².